The maximum atomic E-state index is 10.5. The van der Waals surface area contributed by atoms with Crippen LogP contribution in [0.4, 0.5) is 0 Å². The van der Waals surface area contributed by atoms with Crippen LogP contribution >= 0.6 is 0 Å². The molecule has 10 heavy (non-hydrogen) atoms. The lowest BCUT2D eigenvalue weighted by Crippen LogP contribution is -2.30. The number of carbonyl (C=O) groups is 2. The maximum absolute atomic E-state index is 10.5. The van der Waals surface area contributed by atoms with E-state index in [9.17, 15) is 9.59 Å². The minimum absolute atomic E-state index is 0.00713. The third-order valence-electron chi connectivity index (χ3n) is 0.996. The second kappa shape index (κ2) is 6.13. The van der Waals surface area contributed by atoms with Gasteiger partial charge < -0.3 is 10.6 Å². The Kier molecular flexibility index (Phi) is 5.52. The molecule has 0 saturated heterocycles. The van der Waals surface area contributed by atoms with Crippen LogP contribution in [-0.4, -0.2) is 33.3 Å². The van der Waals surface area contributed by atoms with Gasteiger partial charge in [0.25, 0.3) is 0 Å². The topological polar surface area (TPSA) is 58.2 Å². The van der Waals surface area contributed by atoms with Gasteiger partial charge in [0.15, 0.2) is 0 Å². The summed E-state index contributed by atoms with van der Waals surface area (Å²) in [7, 11) is 1.78. The molecule has 0 atom stereocenters. The van der Waals surface area contributed by atoms with Crippen LogP contribution in [0.15, 0.2) is 0 Å². The van der Waals surface area contributed by atoms with E-state index in [0.29, 0.717) is 25.8 Å². The van der Waals surface area contributed by atoms with Gasteiger partial charge in [-0.2, -0.15) is 0 Å². The molecule has 56 valence electrons. The van der Waals surface area contributed by atoms with E-state index < -0.39 is 0 Å². The fraction of sp³-hybridized carbons (Fsp3) is 0.600. The van der Waals surface area contributed by atoms with Crippen LogP contribution in [0.5, 0.6) is 0 Å². The summed E-state index contributed by atoms with van der Waals surface area (Å²) in [6.07, 6.45) is 1.10. The van der Waals surface area contributed by atoms with Crippen LogP contribution in [0, 0.1) is 0 Å². The van der Waals surface area contributed by atoms with E-state index in [0.717, 1.165) is 0 Å². The zero-order valence-electron chi connectivity index (χ0n) is 6.02. The van der Waals surface area contributed by atoms with E-state index in [4.69, 9.17) is 0 Å². The van der Waals surface area contributed by atoms with Crippen molar-refractivity contribution in [2.75, 3.05) is 13.1 Å². The van der Waals surface area contributed by atoms with Crippen molar-refractivity contribution >= 4 is 20.2 Å². The number of nitrogens with one attached hydrogen (secondary N) is 2. The minimum Gasteiger partial charge on any atom is -0.357 e. The zero-order valence-corrected chi connectivity index (χ0v) is 6.02. The summed E-state index contributed by atoms with van der Waals surface area (Å²) < 4.78 is 0. The van der Waals surface area contributed by atoms with Crippen molar-refractivity contribution in [2.24, 2.45) is 0 Å². The molecule has 0 aliphatic carbocycles. The summed E-state index contributed by atoms with van der Waals surface area (Å²) in [5, 5.41) is 5.04. The monoisotopic (exact) mass is 142 g/mol. The first kappa shape index (κ1) is 9.00. The molecule has 0 aromatic rings. The highest BCUT2D eigenvalue weighted by Crippen LogP contribution is 1.68. The smallest absolute Gasteiger partial charge is 0.212 e. The van der Waals surface area contributed by atoms with Gasteiger partial charge in [0.05, 0.1) is 0 Å². The van der Waals surface area contributed by atoms with Crippen molar-refractivity contribution in [3.05, 3.63) is 0 Å². The molecule has 0 rings (SSSR count). The molecule has 0 bridgehead atoms. The predicted molar refractivity (Wildman–Crippen MR) is 40.4 cm³/mol. The van der Waals surface area contributed by atoms with Gasteiger partial charge >= 0.3 is 0 Å². The summed E-state index contributed by atoms with van der Waals surface area (Å²) in [5.41, 5.74) is 0. The van der Waals surface area contributed by atoms with Crippen molar-refractivity contribution in [2.45, 2.75) is 6.32 Å². The molecule has 0 aromatic heterocycles. The van der Waals surface area contributed by atoms with Gasteiger partial charge in [-0.05, 0) is 6.32 Å². The van der Waals surface area contributed by atoms with E-state index >= 15 is 0 Å². The van der Waals surface area contributed by atoms with Crippen LogP contribution in [0.1, 0.15) is 0 Å². The van der Waals surface area contributed by atoms with Crippen molar-refractivity contribution in [3.8, 4) is 0 Å². The van der Waals surface area contributed by atoms with Gasteiger partial charge in [-0.1, -0.05) is 0 Å². The first-order valence-electron chi connectivity index (χ1n) is 3.25. The van der Waals surface area contributed by atoms with Crippen LogP contribution in [-0.2, 0) is 9.59 Å². The van der Waals surface area contributed by atoms with Crippen molar-refractivity contribution in [1.82, 2.24) is 10.6 Å². The minimum atomic E-state index is 0.00713. The average Bonchev–Trinajstić information content (AvgIpc) is 1.98. The molecule has 0 fully saturated rings. The van der Waals surface area contributed by atoms with Gasteiger partial charge in [-0.3, -0.25) is 9.59 Å². The second-order valence-electron chi connectivity index (χ2n) is 1.78. The maximum Gasteiger partial charge on any atom is 0.212 e. The van der Waals surface area contributed by atoms with Gasteiger partial charge in [0.1, 0.15) is 7.85 Å². The number of rotatable bonds is 5. The van der Waals surface area contributed by atoms with Crippen molar-refractivity contribution < 1.29 is 9.59 Å². The third kappa shape index (κ3) is 5.15. The lowest BCUT2D eigenvalue weighted by Gasteiger charge is -2.00. The number of amides is 2. The van der Waals surface area contributed by atoms with Crippen LogP contribution < -0.4 is 10.6 Å². The Balaban J connectivity index is 3.03. The van der Waals surface area contributed by atoms with E-state index in [2.05, 4.69) is 10.6 Å². The molecule has 0 saturated carbocycles. The zero-order chi connectivity index (χ0) is 7.82. The van der Waals surface area contributed by atoms with Gasteiger partial charge in [0.2, 0.25) is 12.3 Å². The molecule has 0 radical (unpaired) electrons. The number of carbonyl (C=O) groups excluding carboxylic acids is 2. The molecule has 0 unspecified atom stereocenters. The lowest BCUT2D eigenvalue weighted by atomic mass is 10.1. The molecular weight excluding hydrogens is 131 g/mol. The Labute approximate surface area is 60.8 Å². The molecule has 5 heteroatoms. The molecule has 0 aromatic carbocycles. The van der Waals surface area contributed by atoms with E-state index in [1.165, 1.54) is 0 Å². The highest BCUT2D eigenvalue weighted by molar-refractivity contribution is 6.19. The average molecular weight is 142 g/mol. The van der Waals surface area contributed by atoms with Crippen LogP contribution in [0.2, 0.25) is 6.32 Å². The van der Waals surface area contributed by atoms with Crippen LogP contribution in [0.25, 0.3) is 0 Å². The first-order chi connectivity index (χ1) is 4.81. The fourth-order valence-corrected chi connectivity index (χ4v) is 0.458. The van der Waals surface area contributed by atoms with Crippen LogP contribution in [0.3, 0.4) is 0 Å². The number of hydrogen-bond acceptors (Lipinski definition) is 2. The molecular formula is C5H11BN2O2. The summed E-state index contributed by atoms with van der Waals surface area (Å²) in [5.74, 6) is 0.00713. The lowest BCUT2D eigenvalue weighted by molar-refractivity contribution is -0.119. The highest BCUT2D eigenvalue weighted by atomic mass is 16.1. The molecule has 0 heterocycles. The summed E-state index contributed by atoms with van der Waals surface area (Å²) >= 11 is 0. The molecule has 0 aliphatic rings. The summed E-state index contributed by atoms with van der Waals surface area (Å²) in [4.78, 5) is 20.2. The number of hydrogen-bond donors (Lipinski definition) is 2. The fourth-order valence-electron chi connectivity index (χ4n) is 0.458. The van der Waals surface area contributed by atoms with Crippen molar-refractivity contribution in [1.29, 1.82) is 0 Å². The van der Waals surface area contributed by atoms with E-state index in [1.807, 2.05) is 0 Å². The quantitative estimate of drug-likeness (QED) is 0.262. The molecule has 4 nitrogen and oxygen atoms in total. The third-order valence-corrected chi connectivity index (χ3v) is 0.996. The van der Waals surface area contributed by atoms with Gasteiger partial charge in [-0.25, -0.2) is 0 Å². The Hall–Kier alpha value is -0.995. The SMILES string of the molecule is BCC(=O)NCCNC=O. The standard InChI is InChI=1S/C5H11BN2O2/c6-3-5(10)8-2-1-7-4-9/h4H,1-3,6H2,(H,7,9)(H,8,10). The first-order valence-corrected chi connectivity index (χ1v) is 3.25. The second-order valence-corrected chi connectivity index (χ2v) is 1.78. The largest absolute Gasteiger partial charge is 0.357 e. The molecule has 0 spiro atoms. The normalized spacial score (nSPS) is 8.40. The van der Waals surface area contributed by atoms with E-state index in [1.54, 1.807) is 7.85 Å². The molecule has 2 amide bonds. The summed E-state index contributed by atoms with van der Waals surface area (Å²) in [6.45, 7) is 1.00. The Morgan fingerprint density at radius 2 is 2.20 bits per heavy atom. The Bertz CT molecular complexity index is 118. The predicted octanol–water partition coefficient (Wildman–Crippen LogP) is -2.10. The van der Waals surface area contributed by atoms with Crippen molar-refractivity contribution in [3.63, 3.8) is 0 Å². The van der Waals surface area contributed by atoms with Gasteiger partial charge in [-0.15, -0.1) is 0 Å². The molecule has 2 N–H and O–H groups in total. The molecule has 0 aliphatic heterocycles. The van der Waals surface area contributed by atoms with Gasteiger partial charge in [0, 0.05) is 13.1 Å². The highest BCUT2D eigenvalue weighted by Gasteiger charge is 1.92. The van der Waals surface area contributed by atoms with E-state index in [-0.39, 0.29) is 5.91 Å². The Morgan fingerprint density at radius 3 is 2.70 bits per heavy atom. The summed E-state index contributed by atoms with van der Waals surface area (Å²) in [6, 6.07) is 0. The Morgan fingerprint density at radius 1 is 1.50 bits per heavy atom.